The number of nitrogens with one attached hydrogen (secondary N) is 1. The number of likely N-dealkylation sites (tertiary alicyclic amines) is 1. The van der Waals surface area contributed by atoms with Crippen LogP contribution in [-0.2, 0) is 14.3 Å². The van der Waals surface area contributed by atoms with Gasteiger partial charge in [0, 0.05) is 41.4 Å². The maximum absolute atomic E-state index is 13.3. The number of hydrogen-bond acceptors (Lipinski definition) is 5. The second-order valence-corrected chi connectivity index (χ2v) is 8.75. The van der Waals surface area contributed by atoms with Gasteiger partial charge < -0.3 is 24.5 Å². The maximum atomic E-state index is 13.3. The molecule has 2 fully saturated rings. The van der Waals surface area contributed by atoms with E-state index in [1.54, 1.807) is 29.2 Å². The zero-order valence-corrected chi connectivity index (χ0v) is 19.1. The van der Waals surface area contributed by atoms with Gasteiger partial charge in [0.05, 0.1) is 24.3 Å². The number of ether oxygens (including phenoxy) is 2. The second-order valence-electron chi connectivity index (χ2n) is 8.75. The molecule has 2 N–H and O–H groups in total. The monoisotopic (exact) mass is 460 g/mol. The summed E-state index contributed by atoms with van der Waals surface area (Å²) < 4.78 is 11.5. The summed E-state index contributed by atoms with van der Waals surface area (Å²) in [7, 11) is 0. The molecule has 1 amide bonds. The number of rotatable bonds is 7. The normalized spacial score (nSPS) is 22.1. The number of amides is 1. The van der Waals surface area contributed by atoms with Gasteiger partial charge in [0.1, 0.15) is 11.5 Å². The van der Waals surface area contributed by atoms with E-state index in [4.69, 9.17) is 9.47 Å². The molecule has 0 radical (unpaired) electrons. The summed E-state index contributed by atoms with van der Waals surface area (Å²) in [6.45, 7) is 3.51. The zero-order chi connectivity index (χ0) is 23.7. The van der Waals surface area contributed by atoms with Crippen molar-refractivity contribution in [2.75, 3.05) is 19.8 Å². The predicted molar refractivity (Wildman–Crippen MR) is 129 cm³/mol. The Morgan fingerprint density at radius 2 is 2.06 bits per heavy atom. The van der Waals surface area contributed by atoms with Crippen LogP contribution >= 0.6 is 0 Å². The van der Waals surface area contributed by atoms with E-state index in [9.17, 15) is 14.7 Å². The molecule has 2 atom stereocenters. The highest BCUT2D eigenvalue weighted by atomic mass is 16.5. The van der Waals surface area contributed by atoms with Crippen molar-refractivity contribution in [2.45, 2.75) is 38.3 Å². The fraction of sp³-hybridized carbons (Fsp3) is 0.333. The van der Waals surface area contributed by atoms with Gasteiger partial charge in [-0.05, 0) is 37.5 Å². The quantitative estimate of drug-likeness (QED) is 0.306. The van der Waals surface area contributed by atoms with Crippen molar-refractivity contribution < 1.29 is 24.2 Å². The highest BCUT2D eigenvalue weighted by Crippen LogP contribution is 2.42. The van der Waals surface area contributed by atoms with Gasteiger partial charge in [-0.15, -0.1) is 0 Å². The van der Waals surface area contributed by atoms with Crippen LogP contribution in [0.5, 0.6) is 5.75 Å². The van der Waals surface area contributed by atoms with Crippen LogP contribution in [-0.4, -0.2) is 52.5 Å². The molecule has 7 heteroatoms. The Hall–Kier alpha value is -3.58. The highest BCUT2D eigenvalue weighted by Gasteiger charge is 2.47. The lowest BCUT2D eigenvalue weighted by Gasteiger charge is -2.27. The molecule has 0 bridgehead atoms. The number of ketones is 1. The number of fused-ring (bicyclic) bond motifs is 1. The Morgan fingerprint density at radius 3 is 2.85 bits per heavy atom. The van der Waals surface area contributed by atoms with E-state index in [-0.39, 0.29) is 17.4 Å². The van der Waals surface area contributed by atoms with Crippen molar-refractivity contribution >= 4 is 28.4 Å². The van der Waals surface area contributed by atoms with Crippen molar-refractivity contribution in [1.82, 2.24) is 9.88 Å². The van der Waals surface area contributed by atoms with Gasteiger partial charge in [0.25, 0.3) is 11.7 Å². The number of aliphatic hydroxyl groups is 1. The molecule has 3 heterocycles. The van der Waals surface area contributed by atoms with Crippen LogP contribution in [0.1, 0.15) is 43.4 Å². The Labute approximate surface area is 198 Å². The fourth-order valence-corrected chi connectivity index (χ4v) is 4.83. The van der Waals surface area contributed by atoms with Crippen molar-refractivity contribution in [3.8, 4) is 5.75 Å². The molecule has 2 saturated heterocycles. The number of carbonyl (C=O) groups excluding carboxylic acids is 2. The van der Waals surface area contributed by atoms with Crippen molar-refractivity contribution in [3.63, 3.8) is 0 Å². The third-order valence-electron chi connectivity index (χ3n) is 6.46. The van der Waals surface area contributed by atoms with Crippen LogP contribution in [0.3, 0.4) is 0 Å². The van der Waals surface area contributed by atoms with Crippen LogP contribution in [0.25, 0.3) is 16.7 Å². The first kappa shape index (κ1) is 22.2. The van der Waals surface area contributed by atoms with Crippen LogP contribution in [0, 0.1) is 0 Å². The number of H-pyrrole nitrogens is 1. The SMILES string of the molecule is CCCOc1cccc(/C(O)=C2\C(=O)C(=O)N(CC3CCCO3)C2c2c[nH]c3ccccc23)c1. The Morgan fingerprint density at radius 1 is 1.21 bits per heavy atom. The van der Waals surface area contributed by atoms with E-state index in [1.165, 1.54) is 0 Å². The van der Waals surface area contributed by atoms with Crippen LogP contribution in [0.2, 0.25) is 0 Å². The molecule has 3 aromatic rings. The topological polar surface area (TPSA) is 91.9 Å². The van der Waals surface area contributed by atoms with Gasteiger partial charge in [-0.25, -0.2) is 0 Å². The van der Waals surface area contributed by atoms with Crippen LogP contribution in [0.15, 0.2) is 60.3 Å². The average Bonchev–Trinajstić information content (AvgIpc) is 3.58. The van der Waals surface area contributed by atoms with Gasteiger partial charge in [-0.3, -0.25) is 9.59 Å². The minimum atomic E-state index is -0.722. The summed E-state index contributed by atoms with van der Waals surface area (Å²) in [6, 6.07) is 14.0. The molecule has 2 aliphatic rings. The van der Waals surface area contributed by atoms with Crippen molar-refractivity contribution in [2.24, 2.45) is 0 Å². The maximum Gasteiger partial charge on any atom is 0.295 e. The molecule has 34 heavy (non-hydrogen) atoms. The van der Waals surface area contributed by atoms with E-state index in [1.807, 2.05) is 37.4 Å². The molecule has 7 nitrogen and oxygen atoms in total. The first-order valence-corrected chi connectivity index (χ1v) is 11.8. The van der Waals surface area contributed by atoms with Gasteiger partial charge in [-0.1, -0.05) is 37.3 Å². The molecular formula is C27H28N2O5. The van der Waals surface area contributed by atoms with Gasteiger partial charge in [0.15, 0.2) is 0 Å². The first-order valence-electron chi connectivity index (χ1n) is 11.8. The summed E-state index contributed by atoms with van der Waals surface area (Å²) in [5, 5.41) is 12.3. The molecule has 2 aliphatic heterocycles. The van der Waals surface area contributed by atoms with Gasteiger partial charge >= 0.3 is 0 Å². The average molecular weight is 461 g/mol. The van der Waals surface area contributed by atoms with Gasteiger partial charge in [-0.2, -0.15) is 0 Å². The first-order chi connectivity index (χ1) is 16.6. The van der Waals surface area contributed by atoms with Crippen LogP contribution < -0.4 is 4.74 Å². The molecule has 1 aromatic heterocycles. The summed E-state index contributed by atoms with van der Waals surface area (Å²) in [4.78, 5) is 31.3. The molecule has 0 saturated carbocycles. The summed E-state index contributed by atoms with van der Waals surface area (Å²) in [5.41, 5.74) is 2.19. The van der Waals surface area contributed by atoms with E-state index in [2.05, 4.69) is 4.98 Å². The fourth-order valence-electron chi connectivity index (χ4n) is 4.83. The minimum absolute atomic E-state index is 0.0837. The smallest absolute Gasteiger partial charge is 0.295 e. The Balaban J connectivity index is 1.63. The Bertz CT molecular complexity index is 1250. The Kier molecular flexibility index (Phi) is 6.11. The van der Waals surface area contributed by atoms with Crippen LogP contribution in [0.4, 0.5) is 0 Å². The molecule has 2 aromatic carbocycles. The van der Waals surface area contributed by atoms with E-state index >= 15 is 0 Å². The molecular weight excluding hydrogens is 432 g/mol. The number of hydrogen-bond donors (Lipinski definition) is 2. The lowest BCUT2D eigenvalue weighted by atomic mass is 9.94. The second kappa shape index (κ2) is 9.35. The molecule has 2 unspecified atom stereocenters. The lowest BCUT2D eigenvalue weighted by Crippen LogP contribution is -2.36. The van der Waals surface area contributed by atoms with E-state index in [0.717, 1.165) is 35.7 Å². The van der Waals surface area contributed by atoms with Crippen molar-refractivity contribution in [3.05, 3.63) is 71.4 Å². The lowest BCUT2D eigenvalue weighted by molar-refractivity contribution is -0.140. The number of benzene rings is 2. The summed E-state index contributed by atoms with van der Waals surface area (Å²) in [5.74, 6) is -0.912. The van der Waals surface area contributed by atoms with Gasteiger partial charge in [0.2, 0.25) is 0 Å². The van der Waals surface area contributed by atoms with E-state index in [0.29, 0.717) is 31.1 Å². The number of carbonyl (C=O) groups is 2. The molecule has 5 rings (SSSR count). The molecule has 176 valence electrons. The third kappa shape index (κ3) is 3.96. The highest BCUT2D eigenvalue weighted by molar-refractivity contribution is 6.46. The molecule has 0 aliphatic carbocycles. The summed E-state index contributed by atoms with van der Waals surface area (Å²) in [6.07, 6.45) is 4.30. The number of Topliss-reactive ketones (excluding diaryl/α,β-unsaturated/α-hetero) is 1. The standard InChI is InChI=1S/C27H28N2O5/c1-2-12-33-18-8-5-7-17(14-18)25(30)23-24(21-15-28-22-11-4-3-10-20(21)22)29(27(32)26(23)31)16-19-9-6-13-34-19/h3-5,7-8,10-11,14-15,19,24,28,30H,2,6,9,12-13,16H2,1H3/b25-23+. The third-order valence-corrected chi connectivity index (χ3v) is 6.46. The number of nitrogens with zero attached hydrogens (tertiary/aromatic N) is 1. The number of aliphatic hydroxyl groups excluding tert-OH is 1. The minimum Gasteiger partial charge on any atom is -0.507 e. The number of aromatic amines is 1. The van der Waals surface area contributed by atoms with Crippen molar-refractivity contribution in [1.29, 1.82) is 0 Å². The molecule has 0 spiro atoms. The zero-order valence-electron chi connectivity index (χ0n) is 19.1. The number of aromatic nitrogens is 1. The van der Waals surface area contributed by atoms with E-state index < -0.39 is 17.7 Å². The summed E-state index contributed by atoms with van der Waals surface area (Å²) >= 11 is 0. The largest absolute Gasteiger partial charge is 0.507 e. The predicted octanol–water partition coefficient (Wildman–Crippen LogP) is 4.56. The number of para-hydroxylation sites is 1.